The molecule has 2 aliphatic rings. The SMILES string of the molecule is CNC(=O)[C@@H]1CC[C@H]2[C@H](CCN2Cc2cnn(C)c2)O1. The second-order valence-electron chi connectivity index (χ2n) is 5.70. The maximum Gasteiger partial charge on any atom is 0.248 e. The predicted octanol–water partition coefficient (Wildman–Crippen LogP) is 0.288. The molecule has 0 aliphatic carbocycles. The van der Waals surface area contributed by atoms with Gasteiger partial charge in [0, 0.05) is 45.0 Å². The van der Waals surface area contributed by atoms with Crippen molar-refractivity contribution in [2.24, 2.45) is 7.05 Å². The molecule has 1 aromatic rings. The quantitative estimate of drug-likeness (QED) is 0.863. The number of ether oxygens (including phenoxy) is 1. The van der Waals surface area contributed by atoms with Gasteiger partial charge in [0.2, 0.25) is 5.91 Å². The first kappa shape index (κ1) is 13.6. The molecule has 1 aromatic heterocycles. The fourth-order valence-corrected chi connectivity index (χ4v) is 3.35. The van der Waals surface area contributed by atoms with E-state index in [9.17, 15) is 4.79 Å². The molecule has 0 aromatic carbocycles. The van der Waals surface area contributed by atoms with Crippen LogP contribution in [-0.2, 0) is 23.1 Å². The molecule has 3 heterocycles. The van der Waals surface area contributed by atoms with Crippen molar-refractivity contribution in [1.29, 1.82) is 0 Å². The summed E-state index contributed by atoms with van der Waals surface area (Å²) in [4.78, 5) is 14.1. The lowest BCUT2D eigenvalue weighted by molar-refractivity contribution is -0.143. The normalized spacial score (nSPS) is 30.2. The van der Waals surface area contributed by atoms with Gasteiger partial charge in [-0.25, -0.2) is 0 Å². The molecule has 6 nitrogen and oxygen atoms in total. The van der Waals surface area contributed by atoms with Gasteiger partial charge in [-0.3, -0.25) is 14.4 Å². The maximum atomic E-state index is 11.7. The molecule has 0 saturated carbocycles. The number of aryl methyl sites for hydroxylation is 1. The number of rotatable bonds is 3. The Bertz CT molecular complexity index is 487. The summed E-state index contributed by atoms with van der Waals surface area (Å²) in [6.07, 6.45) is 6.77. The topological polar surface area (TPSA) is 59.4 Å². The van der Waals surface area contributed by atoms with Gasteiger partial charge in [0.15, 0.2) is 0 Å². The number of aromatic nitrogens is 2. The third-order valence-electron chi connectivity index (χ3n) is 4.35. The molecule has 110 valence electrons. The minimum absolute atomic E-state index is 0.00848. The van der Waals surface area contributed by atoms with Crippen molar-refractivity contribution in [3.63, 3.8) is 0 Å². The van der Waals surface area contributed by atoms with Crippen molar-refractivity contribution in [2.45, 2.75) is 44.1 Å². The smallest absolute Gasteiger partial charge is 0.248 e. The second-order valence-corrected chi connectivity index (χ2v) is 5.70. The van der Waals surface area contributed by atoms with Crippen LogP contribution in [0.5, 0.6) is 0 Å². The molecule has 3 rings (SSSR count). The zero-order chi connectivity index (χ0) is 14.1. The summed E-state index contributed by atoms with van der Waals surface area (Å²) < 4.78 is 7.80. The van der Waals surface area contributed by atoms with Crippen molar-refractivity contribution >= 4 is 5.91 Å². The van der Waals surface area contributed by atoms with Gasteiger partial charge in [-0.2, -0.15) is 5.10 Å². The largest absolute Gasteiger partial charge is 0.363 e. The molecular weight excluding hydrogens is 256 g/mol. The Hall–Kier alpha value is -1.40. The van der Waals surface area contributed by atoms with E-state index >= 15 is 0 Å². The van der Waals surface area contributed by atoms with E-state index in [-0.39, 0.29) is 18.1 Å². The van der Waals surface area contributed by atoms with Gasteiger partial charge in [-0.1, -0.05) is 0 Å². The third kappa shape index (κ3) is 2.58. The van der Waals surface area contributed by atoms with Gasteiger partial charge in [0.1, 0.15) is 6.10 Å². The zero-order valence-corrected chi connectivity index (χ0v) is 12.1. The number of hydrogen-bond donors (Lipinski definition) is 1. The monoisotopic (exact) mass is 278 g/mol. The van der Waals surface area contributed by atoms with Crippen LogP contribution in [-0.4, -0.2) is 52.4 Å². The molecule has 0 bridgehead atoms. The minimum Gasteiger partial charge on any atom is -0.363 e. The number of fused-ring (bicyclic) bond motifs is 1. The van der Waals surface area contributed by atoms with Gasteiger partial charge >= 0.3 is 0 Å². The third-order valence-corrected chi connectivity index (χ3v) is 4.35. The number of nitrogens with one attached hydrogen (secondary N) is 1. The summed E-state index contributed by atoms with van der Waals surface area (Å²) in [5.74, 6) is 0.00848. The highest BCUT2D eigenvalue weighted by atomic mass is 16.5. The van der Waals surface area contributed by atoms with Crippen LogP contribution in [0.1, 0.15) is 24.8 Å². The van der Waals surface area contributed by atoms with Gasteiger partial charge in [0.25, 0.3) is 0 Å². The van der Waals surface area contributed by atoms with Gasteiger partial charge in [0.05, 0.1) is 12.3 Å². The number of hydrogen-bond acceptors (Lipinski definition) is 4. The fourth-order valence-electron chi connectivity index (χ4n) is 3.35. The minimum atomic E-state index is -0.264. The fraction of sp³-hybridized carbons (Fsp3) is 0.714. The first-order chi connectivity index (χ1) is 9.67. The Morgan fingerprint density at radius 3 is 3.05 bits per heavy atom. The lowest BCUT2D eigenvalue weighted by atomic mass is 9.98. The molecule has 0 unspecified atom stereocenters. The van der Waals surface area contributed by atoms with Crippen molar-refractivity contribution < 1.29 is 9.53 Å². The number of likely N-dealkylation sites (N-methyl/N-ethyl adjacent to an activating group) is 1. The summed E-state index contributed by atoms with van der Waals surface area (Å²) in [6, 6.07) is 0.441. The highest BCUT2D eigenvalue weighted by Crippen LogP contribution is 2.32. The van der Waals surface area contributed by atoms with Crippen LogP contribution < -0.4 is 5.32 Å². The number of nitrogens with zero attached hydrogens (tertiary/aromatic N) is 3. The Morgan fingerprint density at radius 2 is 2.35 bits per heavy atom. The van der Waals surface area contributed by atoms with Crippen LogP contribution in [0.2, 0.25) is 0 Å². The van der Waals surface area contributed by atoms with Crippen molar-refractivity contribution in [2.75, 3.05) is 13.6 Å². The molecule has 0 radical (unpaired) electrons. The summed E-state index contributed by atoms with van der Waals surface area (Å²) in [5.41, 5.74) is 1.24. The molecule has 2 saturated heterocycles. The molecule has 6 heteroatoms. The van der Waals surface area contributed by atoms with E-state index in [1.165, 1.54) is 5.56 Å². The highest BCUT2D eigenvalue weighted by Gasteiger charge is 2.41. The van der Waals surface area contributed by atoms with Crippen LogP contribution in [0.25, 0.3) is 0 Å². The van der Waals surface area contributed by atoms with Crippen LogP contribution in [0.3, 0.4) is 0 Å². The standard InChI is InChI=1S/C14H22N4O2/c1-15-14(19)13-4-3-11-12(20-13)5-6-18(11)9-10-7-16-17(2)8-10/h7-8,11-13H,3-6,9H2,1-2H3,(H,15,19)/t11-,12-,13-/m0/s1. The Labute approximate surface area is 119 Å². The molecular formula is C14H22N4O2. The predicted molar refractivity (Wildman–Crippen MR) is 74.0 cm³/mol. The lowest BCUT2D eigenvalue weighted by Gasteiger charge is -2.35. The Morgan fingerprint density at radius 1 is 1.50 bits per heavy atom. The second kappa shape index (κ2) is 5.54. The molecule has 20 heavy (non-hydrogen) atoms. The molecule has 3 atom stereocenters. The first-order valence-electron chi connectivity index (χ1n) is 7.26. The van der Waals surface area contributed by atoms with Crippen molar-refractivity contribution in [3.05, 3.63) is 18.0 Å². The van der Waals surface area contributed by atoms with Crippen LogP contribution in [0.4, 0.5) is 0 Å². The molecule has 1 N–H and O–H groups in total. The van der Waals surface area contributed by atoms with Gasteiger partial charge in [-0.05, 0) is 19.3 Å². The van der Waals surface area contributed by atoms with Crippen molar-refractivity contribution in [3.8, 4) is 0 Å². The number of amides is 1. The Balaban J connectivity index is 1.61. The van der Waals surface area contributed by atoms with E-state index in [4.69, 9.17) is 4.74 Å². The van der Waals surface area contributed by atoms with E-state index < -0.39 is 0 Å². The van der Waals surface area contributed by atoms with E-state index in [1.54, 1.807) is 7.05 Å². The maximum absolute atomic E-state index is 11.7. The summed E-state index contributed by atoms with van der Waals surface area (Å²) >= 11 is 0. The molecule has 2 aliphatic heterocycles. The first-order valence-corrected chi connectivity index (χ1v) is 7.26. The van der Waals surface area contributed by atoms with E-state index in [1.807, 2.05) is 17.9 Å². The zero-order valence-electron chi connectivity index (χ0n) is 12.1. The van der Waals surface area contributed by atoms with E-state index in [2.05, 4.69) is 21.5 Å². The number of carbonyl (C=O) groups is 1. The van der Waals surface area contributed by atoms with Gasteiger partial charge < -0.3 is 10.1 Å². The molecule has 0 spiro atoms. The summed E-state index contributed by atoms with van der Waals surface area (Å²) in [5, 5.41) is 6.89. The van der Waals surface area contributed by atoms with Crippen LogP contribution in [0, 0.1) is 0 Å². The summed E-state index contributed by atoms with van der Waals surface area (Å²) in [6.45, 7) is 1.95. The average Bonchev–Trinajstić information content (AvgIpc) is 3.05. The van der Waals surface area contributed by atoms with Gasteiger partial charge in [-0.15, -0.1) is 0 Å². The van der Waals surface area contributed by atoms with E-state index in [0.29, 0.717) is 6.04 Å². The summed E-state index contributed by atoms with van der Waals surface area (Å²) in [7, 11) is 3.61. The highest BCUT2D eigenvalue weighted by molar-refractivity contribution is 5.80. The lowest BCUT2D eigenvalue weighted by Crippen LogP contribution is -2.47. The van der Waals surface area contributed by atoms with Crippen LogP contribution in [0.15, 0.2) is 12.4 Å². The molecule has 2 fully saturated rings. The average molecular weight is 278 g/mol. The Kier molecular flexibility index (Phi) is 3.76. The molecule has 1 amide bonds. The van der Waals surface area contributed by atoms with E-state index in [0.717, 1.165) is 32.4 Å². The number of likely N-dealkylation sites (tertiary alicyclic amines) is 1. The number of carbonyl (C=O) groups excluding carboxylic acids is 1. The van der Waals surface area contributed by atoms with Crippen LogP contribution >= 0.6 is 0 Å². The van der Waals surface area contributed by atoms with Crippen molar-refractivity contribution in [1.82, 2.24) is 20.0 Å².